The van der Waals surface area contributed by atoms with Crippen molar-refractivity contribution in [1.29, 1.82) is 0 Å². The van der Waals surface area contributed by atoms with Gasteiger partial charge in [0.05, 0.1) is 39.4 Å². The second-order valence-electron chi connectivity index (χ2n) is 6.64. The lowest BCUT2D eigenvalue weighted by Gasteiger charge is -2.21. The van der Waals surface area contributed by atoms with Crippen molar-refractivity contribution >= 4 is 10.8 Å². The van der Waals surface area contributed by atoms with Crippen molar-refractivity contribution in [3.63, 3.8) is 0 Å². The van der Waals surface area contributed by atoms with E-state index in [0.29, 0.717) is 0 Å². The Bertz CT molecular complexity index is 1040. The summed E-state index contributed by atoms with van der Waals surface area (Å²) in [5.74, 6) is 3.08. The Morgan fingerprint density at radius 2 is 1.52 bits per heavy atom. The van der Waals surface area contributed by atoms with Gasteiger partial charge in [-0.3, -0.25) is 0 Å². The van der Waals surface area contributed by atoms with E-state index in [4.69, 9.17) is 18.9 Å². The van der Waals surface area contributed by atoms with E-state index < -0.39 is 0 Å². The van der Waals surface area contributed by atoms with Crippen LogP contribution in [0.15, 0.2) is 30.3 Å². The fraction of sp³-hybridized carbons (Fsp3) is 0.318. The molecule has 27 heavy (non-hydrogen) atoms. The summed E-state index contributed by atoms with van der Waals surface area (Å²) in [5, 5.41) is 2.29. The summed E-state index contributed by atoms with van der Waals surface area (Å²) in [7, 11) is 6.70. The molecule has 5 nitrogen and oxygen atoms in total. The van der Waals surface area contributed by atoms with Crippen LogP contribution in [-0.2, 0) is 13.0 Å². The predicted octanol–water partition coefficient (Wildman–Crippen LogP) is 3.69. The van der Waals surface area contributed by atoms with E-state index in [1.165, 1.54) is 27.9 Å². The molecule has 2 heterocycles. The zero-order valence-corrected chi connectivity index (χ0v) is 16.4. The van der Waals surface area contributed by atoms with Gasteiger partial charge in [-0.1, -0.05) is 0 Å². The molecule has 0 N–H and O–H groups in total. The summed E-state index contributed by atoms with van der Waals surface area (Å²) in [4.78, 5) is 0. The third-order valence-electron chi connectivity index (χ3n) is 5.44. The molecule has 140 valence electrons. The highest BCUT2D eigenvalue weighted by Gasteiger charge is 2.30. The van der Waals surface area contributed by atoms with Gasteiger partial charge in [0.15, 0.2) is 35.2 Å². The smallest absolute Gasteiger partial charge is 0.213 e. The molecule has 0 radical (unpaired) electrons. The molecular weight excluding hydrogens is 342 g/mol. The molecule has 0 unspecified atom stereocenters. The Morgan fingerprint density at radius 1 is 0.815 bits per heavy atom. The number of ether oxygens (including phenoxy) is 4. The molecule has 1 aromatic heterocycles. The summed E-state index contributed by atoms with van der Waals surface area (Å²) in [6.45, 7) is 3.05. The summed E-state index contributed by atoms with van der Waals surface area (Å²) in [5.41, 5.74) is 4.76. The zero-order chi connectivity index (χ0) is 19.1. The SMILES string of the molecule is COc1cc2cc3[n+](c(C)c2cc1OC)CCc1c-3ccc(OC)c1OC. The van der Waals surface area contributed by atoms with Gasteiger partial charge in [-0.15, -0.1) is 0 Å². The second-order valence-corrected chi connectivity index (χ2v) is 6.64. The van der Waals surface area contributed by atoms with Crippen LogP contribution in [0.2, 0.25) is 0 Å². The van der Waals surface area contributed by atoms with Crippen LogP contribution in [0.4, 0.5) is 0 Å². The average molecular weight is 366 g/mol. The van der Waals surface area contributed by atoms with E-state index in [2.05, 4.69) is 29.7 Å². The standard InChI is InChI=1S/C22H24NO4/c1-13-17-12-21(26-4)20(25-3)11-14(17)10-18-15-6-7-19(24-2)22(27-5)16(15)8-9-23(13)18/h6-7,10-12H,8-9H2,1-5H3/q+1. The predicted molar refractivity (Wildman–Crippen MR) is 104 cm³/mol. The number of benzene rings is 2. The Hall–Kier alpha value is -2.95. The fourth-order valence-corrected chi connectivity index (χ4v) is 4.09. The van der Waals surface area contributed by atoms with E-state index in [1.807, 2.05) is 12.1 Å². The lowest BCUT2D eigenvalue weighted by Crippen LogP contribution is -2.43. The Morgan fingerprint density at radius 3 is 2.19 bits per heavy atom. The van der Waals surface area contributed by atoms with Gasteiger partial charge in [0.25, 0.3) is 0 Å². The number of aromatic nitrogens is 1. The van der Waals surface area contributed by atoms with E-state index in [1.54, 1.807) is 28.4 Å². The quantitative estimate of drug-likeness (QED) is 0.661. The molecular formula is C22H24NO4+. The van der Waals surface area contributed by atoms with Crippen LogP contribution in [0.5, 0.6) is 23.0 Å². The number of aryl methyl sites for hydroxylation is 1. The first-order valence-electron chi connectivity index (χ1n) is 8.96. The van der Waals surface area contributed by atoms with Gasteiger partial charge in [0.1, 0.15) is 0 Å². The summed E-state index contributed by atoms with van der Waals surface area (Å²) >= 11 is 0. The highest BCUT2D eigenvalue weighted by atomic mass is 16.5. The maximum Gasteiger partial charge on any atom is 0.213 e. The van der Waals surface area contributed by atoms with Gasteiger partial charge in [-0.05, 0) is 29.7 Å². The molecule has 0 bridgehead atoms. The number of nitrogens with zero attached hydrogens (tertiary/aromatic N) is 1. The highest BCUT2D eigenvalue weighted by Crippen LogP contribution is 2.41. The normalized spacial score (nSPS) is 12.3. The molecule has 0 amide bonds. The minimum Gasteiger partial charge on any atom is -0.493 e. The third kappa shape index (κ3) is 2.57. The molecule has 1 aliphatic heterocycles. The maximum absolute atomic E-state index is 5.66. The molecule has 0 aliphatic carbocycles. The first-order chi connectivity index (χ1) is 13.1. The summed E-state index contributed by atoms with van der Waals surface area (Å²) in [6, 6.07) is 10.4. The largest absolute Gasteiger partial charge is 0.493 e. The van der Waals surface area contributed by atoms with Gasteiger partial charge in [0.2, 0.25) is 5.69 Å². The minimum atomic E-state index is 0.734. The topological polar surface area (TPSA) is 40.8 Å². The van der Waals surface area contributed by atoms with E-state index in [0.717, 1.165) is 41.3 Å². The number of pyridine rings is 1. The Labute approximate surface area is 159 Å². The van der Waals surface area contributed by atoms with Gasteiger partial charge in [-0.2, -0.15) is 4.57 Å². The van der Waals surface area contributed by atoms with Crippen molar-refractivity contribution in [3.8, 4) is 34.3 Å². The monoisotopic (exact) mass is 366 g/mol. The van der Waals surface area contributed by atoms with Crippen molar-refractivity contribution in [2.24, 2.45) is 0 Å². The molecule has 4 rings (SSSR count). The maximum atomic E-state index is 5.66. The van der Waals surface area contributed by atoms with Crippen LogP contribution in [0.1, 0.15) is 11.3 Å². The van der Waals surface area contributed by atoms with E-state index >= 15 is 0 Å². The molecule has 0 fully saturated rings. The van der Waals surface area contributed by atoms with E-state index in [-0.39, 0.29) is 0 Å². The van der Waals surface area contributed by atoms with Crippen molar-refractivity contribution in [3.05, 3.63) is 41.6 Å². The fourth-order valence-electron chi connectivity index (χ4n) is 4.09. The van der Waals surface area contributed by atoms with Crippen molar-refractivity contribution in [2.45, 2.75) is 19.9 Å². The van der Waals surface area contributed by atoms with Crippen molar-refractivity contribution in [1.82, 2.24) is 0 Å². The molecule has 5 heteroatoms. The first-order valence-corrected chi connectivity index (χ1v) is 8.96. The Kier molecular flexibility index (Phi) is 4.30. The van der Waals surface area contributed by atoms with E-state index in [9.17, 15) is 0 Å². The Balaban J connectivity index is 2.01. The second kappa shape index (κ2) is 6.65. The lowest BCUT2D eigenvalue weighted by atomic mass is 9.93. The first kappa shape index (κ1) is 17.5. The van der Waals surface area contributed by atoms with Crippen LogP contribution in [0.3, 0.4) is 0 Å². The zero-order valence-electron chi connectivity index (χ0n) is 16.4. The van der Waals surface area contributed by atoms with Crippen LogP contribution < -0.4 is 23.5 Å². The molecule has 3 aromatic rings. The van der Waals surface area contributed by atoms with Gasteiger partial charge in [0, 0.05) is 25.0 Å². The number of rotatable bonds is 4. The van der Waals surface area contributed by atoms with Crippen LogP contribution >= 0.6 is 0 Å². The highest BCUT2D eigenvalue weighted by molar-refractivity contribution is 5.90. The van der Waals surface area contributed by atoms with Crippen molar-refractivity contribution < 1.29 is 23.5 Å². The summed E-state index contributed by atoms with van der Waals surface area (Å²) < 4.78 is 24.5. The molecule has 0 spiro atoms. The third-order valence-corrected chi connectivity index (χ3v) is 5.44. The molecule has 1 aliphatic rings. The molecule has 0 saturated heterocycles. The van der Waals surface area contributed by atoms with Crippen LogP contribution in [0, 0.1) is 6.92 Å². The number of fused-ring (bicyclic) bond motifs is 4. The number of hydrogen-bond donors (Lipinski definition) is 0. The molecule has 0 atom stereocenters. The lowest BCUT2D eigenvalue weighted by molar-refractivity contribution is -0.692. The summed E-state index contributed by atoms with van der Waals surface area (Å²) in [6.07, 6.45) is 0.896. The molecule has 0 saturated carbocycles. The van der Waals surface area contributed by atoms with Gasteiger partial charge >= 0.3 is 0 Å². The van der Waals surface area contributed by atoms with Gasteiger partial charge in [-0.25, -0.2) is 0 Å². The number of hydrogen-bond acceptors (Lipinski definition) is 4. The van der Waals surface area contributed by atoms with Crippen molar-refractivity contribution in [2.75, 3.05) is 28.4 Å². The average Bonchev–Trinajstić information content (AvgIpc) is 2.71. The molecule has 2 aromatic carbocycles. The van der Waals surface area contributed by atoms with Crippen LogP contribution in [0.25, 0.3) is 22.0 Å². The van der Waals surface area contributed by atoms with Gasteiger partial charge < -0.3 is 18.9 Å². The minimum absolute atomic E-state index is 0.734. The number of methoxy groups -OCH3 is 4. The van der Waals surface area contributed by atoms with Crippen LogP contribution in [-0.4, -0.2) is 28.4 Å².